The van der Waals surface area contributed by atoms with Gasteiger partial charge in [-0.1, -0.05) is 24.3 Å². The first-order valence-corrected chi connectivity index (χ1v) is 7.21. The van der Waals surface area contributed by atoms with E-state index in [-0.39, 0.29) is 11.9 Å². The molecule has 2 aromatic rings. The van der Waals surface area contributed by atoms with Crippen LogP contribution in [0, 0.1) is 5.82 Å². The highest BCUT2D eigenvalue weighted by atomic mass is 79.9. The van der Waals surface area contributed by atoms with Crippen LogP contribution in [-0.2, 0) is 6.54 Å². The number of rotatable bonds is 5. The normalized spacial score (nSPS) is 12.2. The molecule has 0 aliphatic heterocycles. The van der Waals surface area contributed by atoms with E-state index in [0.29, 0.717) is 12.1 Å². The zero-order valence-electron chi connectivity index (χ0n) is 11.5. The Morgan fingerprint density at radius 3 is 2.65 bits per heavy atom. The molecule has 2 aromatic carbocycles. The molecule has 1 atom stereocenters. The highest BCUT2D eigenvalue weighted by Gasteiger charge is 2.09. The summed E-state index contributed by atoms with van der Waals surface area (Å²) >= 11 is 3.47. The van der Waals surface area contributed by atoms with Gasteiger partial charge in [0.25, 0.3) is 0 Å². The number of hydrogen-bond acceptors (Lipinski definition) is 2. The first kappa shape index (κ1) is 15.0. The highest BCUT2D eigenvalue weighted by Crippen LogP contribution is 2.28. The van der Waals surface area contributed by atoms with E-state index in [0.717, 1.165) is 15.8 Å². The van der Waals surface area contributed by atoms with Gasteiger partial charge in [-0.15, -0.1) is 0 Å². The van der Waals surface area contributed by atoms with Crippen LogP contribution in [0.15, 0.2) is 46.9 Å². The third kappa shape index (κ3) is 3.58. The summed E-state index contributed by atoms with van der Waals surface area (Å²) in [5.41, 5.74) is 1.79. The molecular formula is C16H17BrFNO. The molecule has 0 spiro atoms. The van der Waals surface area contributed by atoms with Gasteiger partial charge in [0.2, 0.25) is 0 Å². The molecular weight excluding hydrogens is 321 g/mol. The SMILES string of the molecule is COc1ccc(C(C)NCc2ccccc2F)cc1Br. The number of nitrogens with one attached hydrogen (secondary N) is 1. The Morgan fingerprint density at radius 1 is 1.25 bits per heavy atom. The van der Waals surface area contributed by atoms with Gasteiger partial charge in [-0.3, -0.25) is 0 Å². The fourth-order valence-corrected chi connectivity index (χ4v) is 2.53. The fourth-order valence-electron chi connectivity index (χ4n) is 1.97. The maximum atomic E-state index is 13.5. The molecule has 0 aliphatic carbocycles. The maximum Gasteiger partial charge on any atom is 0.133 e. The Hall–Kier alpha value is -1.39. The van der Waals surface area contributed by atoms with Crippen molar-refractivity contribution in [1.29, 1.82) is 0 Å². The summed E-state index contributed by atoms with van der Waals surface area (Å²) in [5, 5.41) is 3.32. The molecule has 0 aromatic heterocycles. The number of methoxy groups -OCH3 is 1. The lowest BCUT2D eigenvalue weighted by Crippen LogP contribution is -2.18. The topological polar surface area (TPSA) is 21.3 Å². The van der Waals surface area contributed by atoms with Gasteiger partial charge in [0, 0.05) is 18.2 Å². The van der Waals surface area contributed by atoms with Gasteiger partial charge in [-0.05, 0) is 46.6 Å². The molecule has 0 fully saturated rings. The van der Waals surface area contributed by atoms with Crippen molar-refractivity contribution in [2.24, 2.45) is 0 Å². The van der Waals surface area contributed by atoms with Crippen LogP contribution in [0.4, 0.5) is 4.39 Å². The molecule has 1 unspecified atom stereocenters. The number of ether oxygens (including phenoxy) is 1. The van der Waals surface area contributed by atoms with Crippen LogP contribution in [-0.4, -0.2) is 7.11 Å². The van der Waals surface area contributed by atoms with E-state index in [1.165, 1.54) is 6.07 Å². The minimum absolute atomic E-state index is 0.122. The fraction of sp³-hybridized carbons (Fsp3) is 0.250. The third-order valence-corrected chi connectivity index (χ3v) is 3.85. The van der Waals surface area contributed by atoms with Crippen LogP contribution in [0.3, 0.4) is 0 Å². The second-order valence-corrected chi connectivity index (χ2v) is 5.44. The van der Waals surface area contributed by atoms with E-state index < -0.39 is 0 Å². The summed E-state index contributed by atoms with van der Waals surface area (Å²) in [6.07, 6.45) is 0. The van der Waals surface area contributed by atoms with Crippen molar-refractivity contribution in [3.05, 3.63) is 63.9 Å². The molecule has 0 saturated carbocycles. The van der Waals surface area contributed by atoms with Crippen molar-refractivity contribution in [2.45, 2.75) is 19.5 Å². The molecule has 0 amide bonds. The number of halogens is 2. The van der Waals surface area contributed by atoms with E-state index in [2.05, 4.69) is 28.2 Å². The van der Waals surface area contributed by atoms with Crippen LogP contribution in [0.25, 0.3) is 0 Å². The zero-order chi connectivity index (χ0) is 14.5. The smallest absolute Gasteiger partial charge is 0.133 e. The van der Waals surface area contributed by atoms with Crippen molar-refractivity contribution in [2.75, 3.05) is 7.11 Å². The molecule has 0 radical (unpaired) electrons. The number of hydrogen-bond donors (Lipinski definition) is 1. The summed E-state index contributed by atoms with van der Waals surface area (Å²) in [6.45, 7) is 2.55. The summed E-state index contributed by atoms with van der Waals surface area (Å²) < 4.78 is 19.7. The van der Waals surface area contributed by atoms with Gasteiger partial charge >= 0.3 is 0 Å². The molecule has 106 valence electrons. The van der Waals surface area contributed by atoms with Crippen LogP contribution < -0.4 is 10.1 Å². The first-order chi connectivity index (χ1) is 9.61. The zero-order valence-corrected chi connectivity index (χ0v) is 13.1. The lowest BCUT2D eigenvalue weighted by atomic mass is 10.1. The van der Waals surface area contributed by atoms with Crippen LogP contribution >= 0.6 is 15.9 Å². The van der Waals surface area contributed by atoms with Crippen molar-refractivity contribution >= 4 is 15.9 Å². The predicted molar refractivity (Wildman–Crippen MR) is 82.3 cm³/mol. The Morgan fingerprint density at radius 2 is 2.00 bits per heavy atom. The van der Waals surface area contributed by atoms with Crippen molar-refractivity contribution in [1.82, 2.24) is 5.32 Å². The minimum atomic E-state index is -0.178. The van der Waals surface area contributed by atoms with Gasteiger partial charge in [-0.25, -0.2) is 4.39 Å². The van der Waals surface area contributed by atoms with Crippen LogP contribution in [0.1, 0.15) is 24.1 Å². The van der Waals surface area contributed by atoms with Gasteiger partial charge < -0.3 is 10.1 Å². The minimum Gasteiger partial charge on any atom is -0.496 e. The Bertz CT molecular complexity index is 588. The van der Waals surface area contributed by atoms with Gasteiger partial charge in [0.1, 0.15) is 11.6 Å². The van der Waals surface area contributed by atoms with Crippen molar-refractivity contribution in [3.63, 3.8) is 0 Å². The maximum absolute atomic E-state index is 13.5. The van der Waals surface area contributed by atoms with Crippen molar-refractivity contribution < 1.29 is 9.13 Å². The lowest BCUT2D eigenvalue weighted by molar-refractivity contribution is 0.411. The van der Waals surface area contributed by atoms with Crippen molar-refractivity contribution in [3.8, 4) is 5.75 Å². The second-order valence-electron chi connectivity index (χ2n) is 4.59. The van der Waals surface area contributed by atoms with E-state index in [1.807, 2.05) is 24.3 Å². The first-order valence-electron chi connectivity index (χ1n) is 6.42. The van der Waals surface area contributed by atoms with E-state index in [1.54, 1.807) is 19.2 Å². The second kappa shape index (κ2) is 6.86. The average Bonchev–Trinajstić information content (AvgIpc) is 2.46. The summed E-state index contributed by atoms with van der Waals surface area (Å²) in [6, 6.07) is 12.9. The molecule has 0 aliphatic rings. The molecule has 2 rings (SSSR count). The quantitative estimate of drug-likeness (QED) is 0.870. The highest BCUT2D eigenvalue weighted by molar-refractivity contribution is 9.10. The summed E-state index contributed by atoms with van der Waals surface area (Å²) in [4.78, 5) is 0. The number of benzene rings is 2. The van der Waals surface area contributed by atoms with Crippen LogP contribution in [0.2, 0.25) is 0 Å². The van der Waals surface area contributed by atoms with E-state index in [9.17, 15) is 4.39 Å². The predicted octanol–water partition coefficient (Wildman–Crippen LogP) is 4.45. The van der Waals surface area contributed by atoms with E-state index in [4.69, 9.17) is 4.74 Å². The average molecular weight is 338 g/mol. The molecule has 20 heavy (non-hydrogen) atoms. The Balaban J connectivity index is 2.03. The standard InChI is InChI=1S/C16H17BrFNO/c1-11(12-7-8-16(20-2)14(17)9-12)19-10-13-5-3-4-6-15(13)18/h3-9,11,19H,10H2,1-2H3. The molecule has 4 heteroatoms. The molecule has 0 bridgehead atoms. The third-order valence-electron chi connectivity index (χ3n) is 3.23. The van der Waals surface area contributed by atoms with E-state index >= 15 is 0 Å². The monoisotopic (exact) mass is 337 g/mol. The summed E-state index contributed by atoms with van der Waals surface area (Å²) in [7, 11) is 1.64. The lowest BCUT2D eigenvalue weighted by Gasteiger charge is -2.16. The Kier molecular flexibility index (Phi) is 5.15. The van der Waals surface area contributed by atoms with Gasteiger partial charge in [0.15, 0.2) is 0 Å². The molecule has 0 heterocycles. The summed E-state index contributed by atoms with van der Waals surface area (Å²) in [5.74, 6) is 0.623. The van der Waals surface area contributed by atoms with Gasteiger partial charge in [-0.2, -0.15) is 0 Å². The molecule has 1 N–H and O–H groups in total. The Labute approximate surface area is 127 Å². The molecule has 2 nitrogen and oxygen atoms in total. The molecule has 0 saturated heterocycles. The van der Waals surface area contributed by atoms with Crippen LogP contribution in [0.5, 0.6) is 5.75 Å². The largest absolute Gasteiger partial charge is 0.496 e. The van der Waals surface area contributed by atoms with Gasteiger partial charge in [0.05, 0.1) is 11.6 Å².